The zero-order valence-corrected chi connectivity index (χ0v) is 10.4. The second-order valence-electron chi connectivity index (χ2n) is 4.77. The fraction of sp³-hybridized carbons (Fsp3) is 0.357. The predicted molar refractivity (Wildman–Crippen MR) is 70.1 cm³/mol. The van der Waals surface area contributed by atoms with Gasteiger partial charge in [0.15, 0.2) is 0 Å². The molecule has 0 radical (unpaired) electrons. The number of fused-ring (bicyclic) bond motifs is 1. The number of hydrogen-bond acceptors (Lipinski definition) is 4. The van der Waals surface area contributed by atoms with E-state index in [2.05, 4.69) is 22.6 Å². The number of hydrogen-bond donors (Lipinski definition) is 1. The van der Waals surface area contributed by atoms with Crippen LogP contribution >= 0.6 is 0 Å². The van der Waals surface area contributed by atoms with Gasteiger partial charge in [-0.1, -0.05) is 24.3 Å². The lowest BCUT2D eigenvalue weighted by molar-refractivity contribution is -0.134. The van der Waals surface area contributed by atoms with Crippen LogP contribution in [-0.2, 0) is 17.8 Å². The first-order valence-electron chi connectivity index (χ1n) is 6.35. The molecule has 0 saturated carbocycles. The van der Waals surface area contributed by atoms with Crippen LogP contribution in [0.1, 0.15) is 17.5 Å². The van der Waals surface area contributed by atoms with E-state index in [0.29, 0.717) is 19.4 Å². The molecule has 1 aromatic rings. The van der Waals surface area contributed by atoms with Gasteiger partial charge in [0.2, 0.25) is 0 Å². The minimum Gasteiger partial charge on any atom is -0.301 e. The molecular weight excluding hydrogens is 240 g/mol. The molecule has 19 heavy (non-hydrogen) atoms. The Bertz CT molecular complexity index is 575. The first kappa shape index (κ1) is 11.9. The number of carbonyl (C=O) groups is 1. The summed E-state index contributed by atoms with van der Waals surface area (Å²) >= 11 is 0. The maximum absolute atomic E-state index is 12.4. The normalized spacial score (nSPS) is 24.9. The Kier molecular flexibility index (Phi) is 3.02. The monoisotopic (exact) mass is 254 g/mol. The second kappa shape index (κ2) is 4.82. The summed E-state index contributed by atoms with van der Waals surface area (Å²) in [6, 6.07) is 9.46. The molecule has 0 aromatic heterocycles. The Morgan fingerprint density at radius 1 is 1.42 bits per heavy atom. The van der Waals surface area contributed by atoms with Gasteiger partial charge in [0, 0.05) is 19.2 Å². The summed E-state index contributed by atoms with van der Waals surface area (Å²) in [6.45, 7) is 0.682. The van der Waals surface area contributed by atoms with E-state index in [1.54, 1.807) is 6.21 Å². The van der Waals surface area contributed by atoms with Crippen LogP contribution in [0.3, 0.4) is 0 Å². The average Bonchev–Trinajstić information content (AvgIpc) is 2.94. The molecule has 0 saturated heterocycles. The van der Waals surface area contributed by atoms with Crippen molar-refractivity contribution in [3.8, 4) is 6.07 Å². The molecule has 1 amide bonds. The van der Waals surface area contributed by atoms with E-state index in [4.69, 9.17) is 5.26 Å². The van der Waals surface area contributed by atoms with Crippen molar-refractivity contribution in [2.45, 2.75) is 31.5 Å². The zero-order valence-electron chi connectivity index (χ0n) is 10.4. The van der Waals surface area contributed by atoms with Gasteiger partial charge in [0.05, 0.1) is 12.1 Å². The van der Waals surface area contributed by atoms with Gasteiger partial charge in [-0.05, 0) is 17.5 Å². The Hall–Kier alpha value is -2.19. The summed E-state index contributed by atoms with van der Waals surface area (Å²) in [5.41, 5.74) is 2.42. The summed E-state index contributed by atoms with van der Waals surface area (Å²) in [5, 5.41) is 17.5. The molecule has 3 rings (SSSR count). The number of nitrogens with one attached hydrogen (secondary N) is 1. The van der Waals surface area contributed by atoms with Gasteiger partial charge in [0.1, 0.15) is 6.04 Å². The molecule has 5 heteroatoms. The fourth-order valence-electron chi connectivity index (χ4n) is 2.52. The molecule has 2 aliphatic rings. The van der Waals surface area contributed by atoms with Gasteiger partial charge in [-0.25, -0.2) is 5.01 Å². The predicted octanol–water partition coefficient (Wildman–Crippen LogP) is 0.811. The Morgan fingerprint density at radius 3 is 3.00 bits per heavy atom. The summed E-state index contributed by atoms with van der Waals surface area (Å²) < 4.78 is 0. The highest BCUT2D eigenvalue weighted by Crippen LogP contribution is 2.19. The number of nitriles is 1. The van der Waals surface area contributed by atoms with Crippen molar-refractivity contribution >= 4 is 12.1 Å². The molecule has 96 valence electrons. The third-order valence-corrected chi connectivity index (χ3v) is 3.58. The molecule has 2 unspecified atom stereocenters. The first-order chi connectivity index (χ1) is 9.29. The molecule has 0 aliphatic carbocycles. The lowest BCUT2D eigenvalue weighted by atomic mass is 9.95. The lowest BCUT2D eigenvalue weighted by Crippen LogP contribution is -2.49. The number of hydrazone groups is 1. The van der Waals surface area contributed by atoms with Gasteiger partial charge in [-0.2, -0.15) is 10.4 Å². The van der Waals surface area contributed by atoms with E-state index in [0.717, 1.165) is 0 Å². The number of benzene rings is 1. The van der Waals surface area contributed by atoms with Gasteiger partial charge in [0.25, 0.3) is 5.91 Å². The van der Waals surface area contributed by atoms with Crippen LogP contribution in [0, 0.1) is 11.3 Å². The Labute approximate surface area is 111 Å². The van der Waals surface area contributed by atoms with Crippen molar-refractivity contribution in [3.05, 3.63) is 35.4 Å². The minimum absolute atomic E-state index is 0.116. The van der Waals surface area contributed by atoms with Crippen LogP contribution in [0.4, 0.5) is 0 Å². The molecule has 1 N–H and O–H groups in total. The highest BCUT2D eigenvalue weighted by atomic mass is 16.2. The SMILES string of the molecule is N#CC1CC=NN1C(=O)C1Cc2ccccc2CN1. The number of amides is 1. The van der Waals surface area contributed by atoms with Gasteiger partial charge in [-0.15, -0.1) is 0 Å². The van der Waals surface area contributed by atoms with E-state index < -0.39 is 6.04 Å². The number of nitrogens with zero attached hydrogens (tertiary/aromatic N) is 3. The maximum atomic E-state index is 12.4. The highest BCUT2D eigenvalue weighted by molar-refractivity contribution is 5.85. The van der Waals surface area contributed by atoms with Crippen molar-refractivity contribution in [1.82, 2.24) is 10.3 Å². The molecular formula is C14H14N4O. The van der Waals surface area contributed by atoms with E-state index >= 15 is 0 Å². The molecule has 5 nitrogen and oxygen atoms in total. The van der Waals surface area contributed by atoms with E-state index in [9.17, 15) is 4.79 Å². The zero-order chi connectivity index (χ0) is 13.2. The second-order valence-corrected chi connectivity index (χ2v) is 4.77. The van der Waals surface area contributed by atoms with Crippen LogP contribution in [0.2, 0.25) is 0 Å². The third kappa shape index (κ3) is 2.11. The lowest BCUT2D eigenvalue weighted by Gasteiger charge is -2.28. The summed E-state index contributed by atoms with van der Waals surface area (Å²) in [5.74, 6) is -0.116. The Balaban J connectivity index is 1.76. The van der Waals surface area contributed by atoms with Gasteiger partial charge >= 0.3 is 0 Å². The number of carbonyl (C=O) groups excluding carboxylic acids is 1. The summed E-state index contributed by atoms with van der Waals surface area (Å²) in [6.07, 6.45) is 2.80. The van der Waals surface area contributed by atoms with Crippen LogP contribution in [0.5, 0.6) is 0 Å². The van der Waals surface area contributed by atoms with E-state index in [1.807, 2.05) is 18.2 Å². The minimum atomic E-state index is -0.452. The van der Waals surface area contributed by atoms with Crippen molar-refractivity contribution < 1.29 is 4.79 Å². The first-order valence-corrected chi connectivity index (χ1v) is 6.35. The van der Waals surface area contributed by atoms with E-state index in [-0.39, 0.29) is 11.9 Å². The average molecular weight is 254 g/mol. The smallest absolute Gasteiger partial charge is 0.261 e. The molecule has 2 atom stereocenters. The fourth-order valence-corrected chi connectivity index (χ4v) is 2.52. The molecule has 0 spiro atoms. The maximum Gasteiger partial charge on any atom is 0.261 e. The topological polar surface area (TPSA) is 68.5 Å². The molecule has 0 bridgehead atoms. The summed E-state index contributed by atoms with van der Waals surface area (Å²) in [4.78, 5) is 12.4. The Morgan fingerprint density at radius 2 is 2.21 bits per heavy atom. The molecule has 0 fully saturated rings. The van der Waals surface area contributed by atoms with E-state index in [1.165, 1.54) is 16.1 Å². The largest absolute Gasteiger partial charge is 0.301 e. The molecule has 1 aromatic carbocycles. The van der Waals surface area contributed by atoms with Crippen LogP contribution in [0.25, 0.3) is 0 Å². The van der Waals surface area contributed by atoms with Crippen molar-refractivity contribution in [2.75, 3.05) is 0 Å². The van der Waals surface area contributed by atoms with Crippen molar-refractivity contribution in [1.29, 1.82) is 5.26 Å². The third-order valence-electron chi connectivity index (χ3n) is 3.58. The van der Waals surface area contributed by atoms with Crippen LogP contribution < -0.4 is 5.32 Å². The van der Waals surface area contributed by atoms with Gasteiger partial charge < -0.3 is 5.32 Å². The quantitative estimate of drug-likeness (QED) is 0.806. The molecule has 2 aliphatic heterocycles. The number of rotatable bonds is 1. The van der Waals surface area contributed by atoms with Crippen LogP contribution in [0.15, 0.2) is 29.4 Å². The van der Waals surface area contributed by atoms with Crippen molar-refractivity contribution in [2.24, 2.45) is 5.10 Å². The summed E-state index contributed by atoms with van der Waals surface area (Å²) in [7, 11) is 0. The standard InChI is InChI=1S/C14H14N4O/c15-8-12-5-6-17-18(12)14(19)13-7-10-3-1-2-4-11(10)9-16-13/h1-4,6,12-13,16H,5,7,9H2. The highest BCUT2D eigenvalue weighted by Gasteiger charge is 2.33. The van der Waals surface area contributed by atoms with Gasteiger partial charge in [-0.3, -0.25) is 4.79 Å². The molecule has 2 heterocycles. The van der Waals surface area contributed by atoms with Crippen molar-refractivity contribution in [3.63, 3.8) is 0 Å². The van der Waals surface area contributed by atoms with Crippen LogP contribution in [-0.4, -0.2) is 29.2 Å².